The quantitative estimate of drug-likeness (QED) is 0.772. The van der Waals surface area contributed by atoms with E-state index in [1.165, 1.54) is 7.11 Å². The van der Waals surface area contributed by atoms with Gasteiger partial charge in [0, 0.05) is 12.1 Å². The van der Waals surface area contributed by atoms with E-state index in [0.29, 0.717) is 34.4 Å². The zero-order valence-electron chi connectivity index (χ0n) is 11.7. The summed E-state index contributed by atoms with van der Waals surface area (Å²) in [5, 5.41) is 2.76. The lowest BCUT2D eigenvalue weighted by molar-refractivity contribution is -0.127. The van der Waals surface area contributed by atoms with Crippen molar-refractivity contribution in [1.29, 1.82) is 0 Å². The smallest absolute Gasteiger partial charge is 0.260 e. The summed E-state index contributed by atoms with van der Waals surface area (Å²) < 4.78 is 11.4. The maximum atomic E-state index is 11.8. The van der Waals surface area contributed by atoms with Crippen molar-refractivity contribution in [1.82, 2.24) is 5.32 Å². The van der Waals surface area contributed by atoms with Crippen LogP contribution in [0.3, 0.4) is 0 Å². The summed E-state index contributed by atoms with van der Waals surface area (Å²) in [7, 11) is 1.48. The highest BCUT2D eigenvalue weighted by atomic mass is 79.9. The van der Waals surface area contributed by atoms with Gasteiger partial charge < -0.3 is 14.8 Å². The molecule has 0 aliphatic heterocycles. The van der Waals surface area contributed by atoms with E-state index in [1.807, 2.05) is 6.92 Å². The summed E-state index contributed by atoms with van der Waals surface area (Å²) in [6.45, 7) is 4.24. The zero-order chi connectivity index (χ0) is 15.1. The minimum absolute atomic E-state index is 0.194. The Kier molecular flexibility index (Phi) is 6.51. The number of hydrogen-bond acceptors (Lipinski definition) is 4. The molecular formula is C14H18BrNO4. The summed E-state index contributed by atoms with van der Waals surface area (Å²) in [4.78, 5) is 22.6. The Morgan fingerprint density at radius 3 is 2.75 bits per heavy atom. The lowest BCUT2D eigenvalue weighted by atomic mass is 10.2. The summed E-state index contributed by atoms with van der Waals surface area (Å²) >= 11 is 3.31. The third-order valence-electron chi connectivity index (χ3n) is 2.60. The van der Waals surface area contributed by atoms with Crippen LogP contribution in [0.1, 0.15) is 30.6 Å². The number of nitrogens with one attached hydrogen (secondary N) is 1. The second-order valence-corrected chi connectivity index (χ2v) is 5.06. The molecule has 0 radical (unpaired) electrons. The first-order chi connectivity index (χ1) is 9.53. The average Bonchev–Trinajstić information content (AvgIpc) is 2.46. The van der Waals surface area contributed by atoms with Crippen LogP contribution >= 0.6 is 15.9 Å². The highest BCUT2D eigenvalue weighted by Gasteiger charge is 2.19. The summed E-state index contributed by atoms with van der Waals surface area (Å²) in [6.07, 6.45) is 0.919. The van der Waals surface area contributed by atoms with E-state index in [2.05, 4.69) is 21.2 Å². The molecule has 1 rings (SSSR count). The maximum absolute atomic E-state index is 11.8. The number of methoxy groups -OCH3 is 1. The number of rotatable bonds is 7. The van der Waals surface area contributed by atoms with E-state index in [-0.39, 0.29) is 5.91 Å². The number of carbonyl (C=O) groups excluding carboxylic acids is 2. The van der Waals surface area contributed by atoms with Crippen molar-refractivity contribution in [3.05, 3.63) is 22.2 Å². The molecule has 1 N–H and O–H groups in total. The molecular weight excluding hydrogens is 326 g/mol. The van der Waals surface area contributed by atoms with Crippen LogP contribution in [0.2, 0.25) is 0 Å². The van der Waals surface area contributed by atoms with Crippen molar-refractivity contribution in [2.24, 2.45) is 0 Å². The summed E-state index contributed by atoms with van der Waals surface area (Å²) in [5.74, 6) is 0.606. The third kappa shape index (κ3) is 4.23. The number of amides is 1. The van der Waals surface area contributed by atoms with Crippen molar-refractivity contribution in [2.45, 2.75) is 26.4 Å². The molecule has 20 heavy (non-hydrogen) atoms. The molecule has 1 amide bonds. The fraction of sp³-hybridized carbons (Fsp3) is 0.429. The molecule has 0 fully saturated rings. The fourth-order valence-electron chi connectivity index (χ4n) is 1.54. The Labute approximate surface area is 126 Å². The molecule has 5 nitrogen and oxygen atoms in total. The molecule has 1 unspecified atom stereocenters. The highest BCUT2D eigenvalue weighted by Crippen LogP contribution is 2.36. The largest absolute Gasteiger partial charge is 0.493 e. The predicted octanol–water partition coefficient (Wildman–Crippen LogP) is 2.56. The van der Waals surface area contributed by atoms with E-state index in [0.717, 1.165) is 6.42 Å². The monoisotopic (exact) mass is 343 g/mol. The fourth-order valence-corrected chi connectivity index (χ4v) is 2.10. The lowest BCUT2D eigenvalue weighted by Crippen LogP contribution is -2.36. The first-order valence-electron chi connectivity index (χ1n) is 6.30. The van der Waals surface area contributed by atoms with Gasteiger partial charge in [0.2, 0.25) is 0 Å². The molecule has 1 aromatic carbocycles. The van der Waals surface area contributed by atoms with E-state index in [9.17, 15) is 9.59 Å². The number of halogens is 1. The van der Waals surface area contributed by atoms with Crippen LogP contribution < -0.4 is 14.8 Å². The minimum Gasteiger partial charge on any atom is -0.493 e. The van der Waals surface area contributed by atoms with Crippen molar-refractivity contribution in [2.75, 3.05) is 13.7 Å². The molecule has 0 aliphatic rings. The van der Waals surface area contributed by atoms with Gasteiger partial charge in [-0.15, -0.1) is 0 Å². The number of carbonyl (C=O) groups is 2. The van der Waals surface area contributed by atoms with Gasteiger partial charge in [-0.1, -0.05) is 6.92 Å². The van der Waals surface area contributed by atoms with E-state index in [4.69, 9.17) is 9.47 Å². The molecule has 1 aromatic rings. The maximum Gasteiger partial charge on any atom is 0.260 e. The zero-order valence-corrected chi connectivity index (χ0v) is 13.3. The Hall–Kier alpha value is -1.56. The van der Waals surface area contributed by atoms with Crippen LogP contribution in [-0.4, -0.2) is 32.0 Å². The first kappa shape index (κ1) is 16.5. The van der Waals surface area contributed by atoms with Crippen LogP contribution in [0.15, 0.2) is 16.6 Å². The lowest BCUT2D eigenvalue weighted by Gasteiger charge is -2.18. The Balaban J connectivity index is 2.91. The van der Waals surface area contributed by atoms with Gasteiger partial charge in [-0.3, -0.25) is 9.59 Å². The van der Waals surface area contributed by atoms with Crippen LogP contribution in [0.25, 0.3) is 0 Å². The van der Waals surface area contributed by atoms with Gasteiger partial charge in [0.15, 0.2) is 17.6 Å². The average molecular weight is 344 g/mol. The molecule has 0 aromatic heterocycles. The number of ether oxygens (including phenoxy) is 2. The van der Waals surface area contributed by atoms with Crippen molar-refractivity contribution in [3.8, 4) is 11.5 Å². The normalized spacial score (nSPS) is 11.6. The van der Waals surface area contributed by atoms with Gasteiger partial charge in [0.25, 0.3) is 5.91 Å². The third-order valence-corrected chi connectivity index (χ3v) is 3.19. The first-order valence-corrected chi connectivity index (χ1v) is 7.09. The van der Waals surface area contributed by atoms with E-state index in [1.54, 1.807) is 19.1 Å². The molecule has 110 valence electrons. The Morgan fingerprint density at radius 1 is 1.50 bits per heavy atom. The van der Waals surface area contributed by atoms with Gasteiger partial charge >= 0.3 is 0 Å². The van der Waals surface area contributed by atoms with Crippen LogP contribution in [-0.2, 0) is 4.79 Å². The molecule has 0 aliphatic carbocycles. The summed E-state index contributed by atoms with van der Waals surface area (Å²) in [6, 6.07) is 3.17. The second kappa shape index (κ2) is 7.89. The van der Waals surface area contributed by atoms with Gasteiger partial charge in [-0.25, -0.2) is 0 Å². The van der Waals surface area contributed by atoms with Gasteiger partial charge in [0.05, 0.1) is 11.6 Å². The number of hydrogen-bond donors (Lipinski definition) is 1. The summed E-state index contributed by atoms with van der Waals surface area (Å²) in [5.41, 5.74) is 0.462. The molecule has 0 spiro atoms. The topological polar surface area (TPSA) is 64.6 Å². The molecule has 0 saturated heterocycles. The van der Waals surface area contributed by atoms with Gasteiger partial charge in [0.1, 0.15) is 6.29 Å². The molecule has 6 heteroatoms. The van der Waals surface area contributed by atoms with E-state index >= 15 is 0 Å². The molecule has 0 bridgehead atoms. The van der Waals surface area contributed by atoms with Crippen molar-refractivity contribution >= 4 is 28.1 Å². The second-order valence-electron chi connectivity index (χ2n) is 4.20. The van der Waals surface area contributed by atoms with Crippen LogP contribution in [0.4, 0.5) is 0 Å². The molecule has 1 atom stereocenters. The van der Waals surface area contributed by atoms with Crippen LogP contribution in [0.5, 0.6) is 11.5 Å². The standard InChI is InChI=1S/C14H18BrNO4/c1-4-5-16-14(18)9(2)20-13-11(15)6-10(8-17)7-12(13)19-3/h6-9H,4-5H2,1-3H3,(H,16,18). The highest BCUT2D eigenvalue weighted by molar-refractivity contribution is 9.10. The molecule has 0 heterocycles. The number of benzene rings is 1. The van der Waals surface area contributed by atoms with Crippen LogP contribution in [0, 0.1) is 0 Å². The van der Waals surface area contributed by atoms with Crippen molar-refractivity contribution < 1.29 is 19.1 Å². The van der Waals surface area contributed by atoms with Gasteiger partial charge in [-0.05, 0) is 41.4 Å². The van der Waals surface area contributed by atoms with E-state index < -0.39 is 6.10 Å². The molecule has 0 saturated carbocycles. The van der Waals surface area contributed by atoms with Crippen molar-refractivity contribution in [3.63, 3.8) is 0 Å². The number of aldehydes is 1. The predicted molar refractivity (Wildman–Crippen MR) is 79.5 cm³/mol. The Bertz CT molecular complexity index is 490. The van der Waals surface area contributed by atoms with Gasteiger partial charge in [-0.2, -0.15) is 0 Å². The SMILES string of the molecule is CCCNC(=O)C(C)Oc1c(Br)cc(C=O)cc1OC. The Morgan fingerprint density at radius 2 is 2.20 bits per heavy atom. The minimum atomic E-state index is -0.658.